The summed E-state index contributed by atoms with van der Waals surface area (Å²) in [5.41, 5.74) is 1.06. The van der Waals surface area contributed by atoms with Gasteiger partial charge in [0.1, 0.15) is 5.75 Å². The van der Waals surface area contributed by atoms with Crippen LogP contribution in [0.4, 0.5) is 8.78 Å². The molecule has 1 aliphatic heterocycles. The van der Waals surface area contributed by atoms with Crippen molar-refractivity contribution in [1.82, 2.24) is 5.32 Å². The number of hydrogen-bond acceptors (Lipinski definition) is 3. The van der Waals surface area contributed by atoms with Crippen molar-refractivity contribution in [3.63, 3.8) is 0 Å². The third-order valence-corrected chi connectivity index (χ3v) is 3.20. The Bertz CT molecular complexity index is 362. The molecule has 1 aliphatic rings. The van der Waals surface area contributed by atoms with Crippen LogP contribution in [0, 0.1) is 0 Å². The summed E-state index contributed by atoms with van der Waals surface area (Å²) >= 11 is 0. The van der Waals surface area contributed by atoms with E-state index >= 15 is 0 Å². The minimum absolute atomic E-state index is 0.196. The van der Waals surface area contributed by atoms with Crippen LogP contribution in [-0.2, 0) is 11.3 Å². The SMILES string of the molecule is FC(F)Oc1ccc(CNC2CCCOCC2)cc1. The first-order chi connectivity index (χ1) is 9.24. The van der Waals surface area contributed by atoms with Crippen LogP contribution in [0.3, 0.4) is 0 Å². The third-order valence-electron chi connectivity index (χ3n) is 3.20. The molecule has 1 aromatic rings. The lowest BCUT2D eigenvalue weighted by atomic mass is 10.1. The average molecular weight is 271 g/mol. The lowest BCUT2D eigenvalue weighted by Crippen LogP contribution is -2.28. The van der Waals surface area contributed by atoms with Crippen molar-refractivity contribution < 1.29 is 18.3 Å². The van der Waals surface area contributed by atoms with E-state index in [0.717, 1.165) is 44.6 Å². The highest BCUT2D eigenvalue weighted by Gasteiger charge is 2.11. The van der Waals surface area contributed by atoms with Gasteiger partial charge in [0.05, 0.1) is 0 Å². The van der Waals surface area contributed by atoms with Crippen LogP contribution >= 0.6 is 0 Å². The largest absolute Gasteiger partial charge is 0.435 e. The van der Waals surface area contributed by atoms with Crippen molar-refractivity contribution in [3.8, 4) is 5.75 Å². The summed E-state index contributed by atoms with van der Waals surface area (Å²) in [6.07, 6.45) is 3.22. The van der Waals surface area contributed by atoms with Crippen molar-refractivity contribution in [2.45, 2.75) is 38.5 Å². The van der Waals surface area contributed by atoms with Gasteiger partial charge in [-0.3, -0.25) is 0 Å². The van der Waals surface area contributed by atoms with Crippen molar-refractivity contribution in [2.24, 2.45) is 0 Å². The molecule has 0 amide bonds. The summed E-state index contributed by atoms with van der Waals surface area (Å²) in [7, 11) is 0. The van der Waals surface area contributed by atoms with Gasteiger partial charge in [-0.2, -0.15) is 8.78 Å². The molecule has 1 fully saturated rings. The number of rotatable bonds is 5. The van der Waals surface area contributed by atoms with Crippen LogP contribution in [0.15, 0.2) is 24.3 Å². The Kier molecular flexibility index (Phi) is 5.54. The Morgan fingerprint density at radius 3 is 2.74 bits per heavy atom. The molecule has 3 nitrogen and oxygen atoms in total. The zero-order chi connectivity index (χ0) is 13.5. The van der Waals surface area contributed by atoms with E-state index in [0.29, 0.717) is 6.04 Å². The Morgan fingerprint density at radius 2 is 2.00 bits per heavy atom. The maximum Gasteiger partial charge on any atom is 0.387 e. The van der Waals surface area contributed by atoms with Crippen LogP contribution in [0.2, 0.25) is 0 Å². The minimum Gasteiger partial charge on any atom is -0.435 e. The van der Waals surface area contributed by atoms with Crippen LogP contribution in [0.5, 0.6) is 5.75 Å². The Labute approximate surface area is 111 Å². The molecule has 1 heterocycles. The van der Waals surface area contributed by atoms with Crippen molar-refractivity contribution >= 4 is 0 Å². The van der Waals surface area contributed by atoms with Gasteiger partial charge in [-0.25, -0.2) is 0 Å². The summed E-state index contributed by atoms with van der Waals surface area (Å²) in [4.78, 5) is 0. The molecule has 5 heteroatoms. The molecule has 0 aromatic heterocycles. The number of nitrogens with one attached hydrogen (secondary N) is 1. The number of hydrogen-bond donors (Lipinski definition) is 1. The quantitative estimate of drug-likeness (QED) is 0.893. The molecule has 106 valence electrons. The predicted octanol–water partition coefficient (Wildman–Crippen LogP) is 2.95. The molecule has 0 spiro atoms. The van der Waals surface area contributed by atoms with Crippen LogP contribution in [0.25, 0.3) is 0 Å². The van der Waals surface area contributed by atoms with Gasteiger partial charge in [-0.1, -0.05) is 12.1 Å². The Morgan fingerprint density at radius 1 is 1.21 bits per heavy atom. The van der Waals surface area contributed by atoms with E-state index < -0.39 is 6.61 Å². The molecule has 0 radical (unpaired) electrons. The highest BCUT2D eigenvalue weighted by atomic mass is 19.3. The lowest BCUT2D eigenvalue weighted by Gasteiger charge is -2.15. The normalized spacial score (nSPS) is 20.3. The first-order valence-corrected chi connectivity index (χ1v) is 6.59. The first kappa shape index (κ1) is 14.2. The molecular weight excluding hydrogens is 252 g/mol. The van der Waals surface area contributed by atoms with E-state index in [1.54, 1.807) is 24.3 Å². The summed E-state index contributed by atoms with van der Waals surface area (Å²) < 4.78 is 33.7. The highest BCUT2D eigenvalue weighted by Crippen LogP contribution is 2.15. The molecule has 1 N–H and O–H groups in total. The van der Waals surface area contributed by atoms with E-state index in [2.05, 4.69) is 10.1 Å². The number of halogens is 2. The maximum absolute atomic E-state index is 12.0. The fourth-order valence-corrected chi connectivity index (χ4v) is 2.16. The second kappa shape index (κ2) is 7.40. The molecule has 1 unspecified atom stereocenters. The van der Waals surface area contributed by atoms with Crippen LogP contribution < -0.4 is 10.1 Å². The smallest absolute Gasteiger partial charge is 0.387 e. The van der Waals surface area contributed by atoms with E-state index in [4.69, 9.17) is 4.74 Å². The maximum atomic E-state index is 12.0. The molecule has 1 aromatic carbocycles. The van der Waals surface area contributed by atoms with E-state index in [1.807, 2.05) is 0 Å². The van der Waals surface area contributed by atoms with E-state index in [1.165, 1.54) is 0 Å². The molecule has 0 bridgehead atoms. The molecule has 19 heavy (non-hydrogen) atoms. The number of benzene rings is 1. The van der Waals surface area contributed by atoms with Crippen molar-refractivity contribution in [2.75, 3.05) is 13.2 Å². The predicted molar refractivity (Wildman–Crippen MR) is 68.4 cm³/mol. The van der Waals surface area contributed by atoms with E-state index in [-0.39, 0.29) is 5.75 Å². The zero-order valence-electron chi connectivity index (χ0n) is 10.8. The molecule has 0 saturated carbocycles. The van der Waals surface area contributed by atoms with Crippen molar-refractivity contribution in [3.05, 3.63) is 29.8 Å². The average Bonchev–Trinajstić information content (AvgIpc) is 2.66. The topological polar surface area (TPSA) is 30.5 Å². The second-order valence-corrected chi connectivity index (χ2v) is 4.64. The van der Waals surface area contributed by atoms with Gasteiger partial charge in [0, 0.05) is 25.8 Å². The standard InChI is InChI=1S/C14H19F2NO2/c15-14(16)19-13-5-3-11(4-6-13)10-17-12-2-1-8-18-9-7-12/h3-6,12,14,17H,1-2,7-10H2. The van der Waals surface area contributed by atoms with Crippen LogP contribution in [-0.4, -0.2) is 25.9 Å². The molecule has 1 saturated heterocycles. The molecule has 0 aliphatic carbocycles. The van der Waals surface area contributed by atoms with Crippen molar-refractivity contribution in [1.29, 1.82) is 0 Å². The Balaban J connectivity index is 1.78. The third kappa shape index (κ3) is 5.12. The number of alkyl halides is 2. The van der Waals surface area contributed by atoms with Gasteiger partial charge in [-0.15, -0.1) is 0 Å². The highest BCUT2D eigenvalue weighted by molar-refractivity contribution is 5.27. The van der Waals surface area contributed by atoms with Gasteiger partial charge in [-0.05, 0) is 37.0 Å². The fraction of sp³-hybridized carbons (Fsp3) is 0.571. The monoisotopic (exact) mass is 271 g/mol. The minimum atomic E-state index is -2.77. The van der Waals surface area contributed by atoms with Crippen LogP contribution in [0.1, 0.15) is 24.8 Å². The lowest BCUT2D eigenvalue weighted by molar-refractivity contribution is -0.0498. The summed E-state index contributed by atoms with van der Waals surface area (Å²) in [6.45, 7) is -0.383. The summed E-state index contributed by atoms with van der Waals surface area (Å²) in [5, 5.41) is 3.47. The van der Waals surface area contributed by atoms with Gasteiger partial charge >= 0.3 is 6.61 Å². The molecular formula is C14H19F2NO2. The first-order valence-electron chi connectivity index (χ1n) is 6.59. The zero-order valence-corrected chi connectivity index (χ0v) is 10.8. The summed E-state index contributed by atoms with van der Waals surface area (Å²) in [5.74, 6) is 0.196. The Hall–Kier alpha value is -1.20. The molecule has 1 atom stereocenters. The van der Waals surface area contributed by atoms with E-state index in [9.17, 15) is 8.78 Å². The fourth-order valence-electron chi connectivity index (χ4n) is 2.16. The number of ether oxygens (including phenoxy) is 2. The second-order valence-electron chi connectivity index (χ2n) is 4.64. The van der Waals surface area contributed by atoms with Gasteiger partial charge in [0.2, 0.25) is 0 Å². The van der Waals surface area contributed by atoms with Gasteiger partial charge in [0.15, 0.2) is 0 Å². The van der Waals surface area contributed by atoms with Gasteiger partial charge in [0.25, 0.3) is 0 Å². The molecule has 2 rings (SSSR count). The summed E-state index contributed by atoms with van der Waals surface area (Å²) in [6, 6.07) is 7.22. The van der Waals surface area contributed by atoms with Gasteiger partial charge < -0.3 is 14.8 Å².